The molecule has 0 aliphatic carbocycles. The van der Waals surface area contributed by atoms with Gasteiger partial charge >= 0.3 is 0 Å². The summed E-state index contributed by atoms with van der Waals surface area (Å²) in [4.78, 5) is 8.98. The molecule has 3 heterocycles. The predicted octanol–water partition coefficient (Wildman–Crippen LogP) is 3.51. The van der Waals surface area contributed by atoms with Crippen LogP contribution < -0.4 is 5.32 Å². The molecule has 0 saturated carbocycles. The van der Waals surface area contributed by atoms with E-state index in [1.54, 1.807) is 17.5 Å². The Morgan fingerprint density at radius 3 is 2.87 bits per heavy atom. The fourth-order valence-electron chi connectivity index (χ4n) is 2.48. The Bertz CT molecular complexity index is 899. The maximum absolute atomic E-state index is 4.67. The molecular formula is C17H15N5S. The first-order chi connectivity index (χ1) is 11.4. The van der Waals surface area contributed by atoms with Gasteiger partial charge in [0.25, 0.3) is 0 Å². The van der Waals surface area contributed by atoms with Crippen LogP contribution in [0.1, 0.15) is 5.69 Å². The molecule has 114 valence electrons. The van der Waals surface area contributed by atoms with Crippen LogP contribution in [0.15, 0.2) is 59.6 Å². The number of anilines is 1. The number of nitrogens with zero attached hydrogens (tertiary/aromatic N) is 4. The van der Waals surface area contributed by atoms with Crippen molar-refractivity contribution >= 4 is 22.8 Å². The fraction of sp³-hybridized carbons (Fsp3) is 0.118. The molecule has 0 radical (unpaired) electrons. The first kappa shape index (κ1) is 13.9. The first-order valence-electron chi connectivity index (χ1n) is 7.41. The van der Waals surface area contributed by atoms with Gasteiger partial charge in [-0.05, 0) is 0 Å². The van der Waals surface area contributed by atoms with Gasteiger partial charge in [0, 0.05) is 36.0 Å². The van der Waals surface area contributed by atoms with Gasteiger partial charge in [0.05, 0.1) is 23.1 Å². The number of fused-ring (bicyclic) bond motifs is 1. The summed E-state index contributed by atoms with van der Waals surface area (Å²) >= 11 is 1.62. The van der Waals surface area contributed by atoms with Gasteiger partial charge in [-0.1, -0.05) is 30.3 Å². The van der Waals surface area contributed by atoms with Crippen LogP contribution in [0.25, 0.3) is 16.9 Å². The molecule has 5 nitrogen and oxygen atoms in total. The lowest BCUT2D eigenvalue weighted by molar-refractivity contribution is 0.906. The van der Waals surface area contributed by atoms with Crippen LogP contribution in [-0.4, -0.2) is 26.1 Å². The number of aromatic nitrogens is 4. The van der Waals surface area contributed by atoms with Crippen molar-refractivity contribution in [2.45, 2.75) is 6.42 Å². The molecule has 0 bridgehead atoms. The van der Waals surface area contributed by atoms with Crippen molar-refractivity contribution in [3.05, 3.63) is 65.2 Å². The average molecular weight is 321 g/mol. The topological polar surface area (TPSA) is 55.1 Å². The predicted molar refractivity (Wildman–Crippen MR) is 92.7 cm³/mol. The Hall–Kier alpha value is -2.73. The largest absolute Gasteiger partial charge is 0.369 e. The molecule has 4 rings (SSSR count). The lowest BCUT2D eigenvalue weighted by atomic mass is 10.1. The van der Waals surface area contributed by atoms with Crippen molar-refractivity contribution in [2.75, 3.05) is 11.9 Å². The van der Waals surface area contributed by atoms with Crippen molar-refractivity contribution in [1.82, 2.24) is 19.6 Å². The van der Waals surface area contributed by atoms with Crippen molar-refractivity contribution in [1.29, 1.82) is 0 Å². The summed E-state index contributed by atoms with van der Waals surface area (Å²) in [6.07, 6.45) is 2.65. The van der Waals surface area contributed by atoms with E-state index < -0.39 is 0 Å². The van der Waals surface area contributed by atoms with Crippen LogP contribution in [0.2, 0.25) is 0 Å². The molecular weight excluding hydrogens is 306 g/mol. The number of hydrogen-bond donors (Lipinski definition) is 1. The molecule has 0 unspecified atom stereocenters. The molecule has 0 aliphatic heterocycles. The molecule has 23 heavy (non-hydrogen) atoms. The Morgan fingerprint density at radius 1 is 1.13 bits per heavy atom. The van der Waals surface area contributed by atoms with E-state index >= 15 is 0 Å². The summed E-state index contributed by atoms with van der Waals surface area (Å²) in [6.45, 7) is 0.803. The third-order valence-corrected chi connectivity index (χ3v) is 4.23. The molecule has 1 aromatic carbocycles. The molecule has 0 fully saturated rings. The highest BCUT2D eigenvalue weighted by atomic mass is 32.1. The van der Waals surface area contributed by atoms with Crippen LogP contribution in [-0.2, 0) is 6.42 Å². The number of thiazole rings is 1. The van der Waals surface area contributed by atoms with Crippen LogP contribution in [0.4, 0.5) is 5.82 Å². The number of benzene rings is 1. The molecule has 1 N–H and O–H groups in total. The van der Waals surface area contributed by atoms with E-state index in [0.717, 1.165) is 41.4 Å². The van der Waals surface area contributed by atoms with Crippen molar-refractivity contribution < 1.29 is 0 Å². The van der Waals surface area contributed by atoms with Gasteiger partial charge in [-0.25, -0.2) is 9.97 Å². The molecule has 0 aliphatic rings. The highest BCUT2D eigenvalue weighted by molar-refractivity contribution is 7.07. The molecule has 0 amide bonds. The van der Waals surface area contributed by atoms with Gasteiger partial charge < -0.3 is 5.32 Å². The molecule has 0 spiro atoms. The standard InChI is InChI=1S/C17H15N5S/c1-2-4-13(5-3-1)15-10-17(22-16(21-15)7-9-20-22)18-8-6-14-11-23-12-19-14/h1-5,7,9-12,18H,6,8H2. The lowest BCUT2D eigenvalue weighted by Gasteiger charge is -2.10. The Balaban J connectivity index is 1.63. The number of rotatable bonds is 5. The smallest absolute Gasteiger partial charge is 0.157 e. The number of nitrogens with one attached hydrogen (secondary N) is 1. The monoisotopic (exact) mass is 321 g/mol. The third-order valence-electron chi connectivity index (χ3n) is 3.60. The minimum absolute atomic E-state index is 0.803. The first-order valence-corrected chi connectivity index (χ1v) is 8.35. The zero-order valence-electron chi connectivity index (χ0n) is 12.4. The van der Waals surface area contributed by atoms with Gasteiger partial charge in [-0.2, -0.15) is 9.61 Å². The SMILES string of the molecule is c1ccc(-c2cc(NCCc3cscn3)n3nccc3n2)cc1. The van der Waals surface area contributed by atoms with Crippen LogP contribution in [0.5, 0.6) is 0 Å². The van der Waals surface area contributed by atoms with Gasteiger partial charge in [0.15, 0.2) is 5.65 Å². The quantitative estimate of drug-likeness (QED) is 0.611. The van der Waals surface area contributed by atoms with Crippen molar-refractivity contribution in [3.8, 4) is 11.3 Å². The molecule has 3 aromatic heterocycles. The van der Waals surface area contributed by atoms with Gasteiger partial charge in [0.1, 0.15) is 5.82 Å². The summed E-state index contributed by atoms with van der Waals surface area (Å²) in [5.74, 6) is 0.939. The second-order valence-electron chi connectivity index (χ2n) is 5.15. The summed E-state index contributed by atoms with van der Waals surface area (Å²) in [5.41, 5.74) is 5.84. The third kappa shape index (κ3) is 2.93. The van der Waals surface area contributed by atoms with E-state index in [9.17, 15) is 0 Å². The molecule has 0 atom stereocenters. The zero-order valence-corrected chi connectivity index (χ0v) is 13.2. The minimum atomic E-state index is 0.803. The summed E-state index contributed by atoms with van der Waals surface area (Å²) < 4.78 is 1.83. The van der Waals surface area contributed by atoms with E-state index in [4.69, 9.17) is 0 Å². The summed E-state index contributed by atoms with van der Waals surface area (Å²) in [5, 5.41) is 9.87. The lowest BCUT2D eigenvalue weighted by Crippen LogP contribution is -2.10. The fourth-order valence-corrected chi connectivity index (χ4v) is 3.07. The highest BCUT2D eigenvalue weighted by Gasteiger charge is 2.08. The molecule has 0 saturated heterocycles. The normalized spacial score (nSPS) is 11.0. The van der Waals surface area contributed by atoms with E-state index in [-0.39, 0.29) is 0 Å². The maximum Gasteiger partial charge on any atom is 0.157 e. The zero-order chi connectivity index (χ0) is 15.5. The van der Waals surface area contributed by atoms with E-state index in [0.29, 0.717) is 0 Å². The van der Waals surface area contributed by atoms with E-state index in [1.807, 2.05) is 40.4 Å². The summed E-state index contributed by atoms with van der Waals surface area (Å²) in [7, 11) is 0. The Labute approximate surface area is 137 Å². The Morgan fingerprint density at radius 2 is 2.04 bits per heavy atom. The average Bonchev–Trinajstić information content (AvgIpc) is 3.26. The van der Waals surface area contributed by atoms with Gasteiger partial charge in [-0.15, -0.1) is 11.3 Å². The minimum Gasteiger partial charge on any atom is -0.369 e. The van der Waals surface area contributed by atoms with Crippen LogP contribution in [0.3, 0.4) is 0 Å². The molecule has 4 aromatic rings. The van der Waals surface area contributed by atoms with Gasteiger partial charge in [0.2, 0.25) is 0 Å². The second kappa shape index (κ2) is 6.18. The van der Waals surface area contributed by atoms with Crippen molar-refractivity contribution in [2.24, 2.45) is 0 Å². The highest BCUT2D eigenvalue weighted by Crippen LogP contribution is 2.21. The van der Waals surface area contributed by atoms with E-state index in [1.165, 1.54) is 0 Å². The maximum atomic E-state index is 4.67. The molecule has 6 heteroatoms. The number of hydrogen-bond acceptors (Lipinski definition) is 5. The Kier molecular flexibility index (Phi) is 3.73. The van der Waals surface area contributed by atoms with E-state index in [2.05, 4.69) is 37.9 Å². The van der Waals surface area contributed by atoms with Crippen LogP contribution >= 0.6 is 11.3 Å². The van der Waals surface area contributed by atoms with Gasteiger partial charge in [-0.3, -0.25) is 0 Å². The van der Waals surface area contributed by atoms with Crippen LogP contribution in [0, 0.1) is 0 Å². The second-order valence-corrected chi connectivity index (χ2v) is 5.87. The van der Waals surface area contributed by atoms with Crippen molar-refractivity contribution in [3.63, 3.8) is 0 Å². The summed E-state index contributed by atoms with van der Waals surface area (Å²) in [6, 6.07) is 14.1.